The van der Waals surface area contributed by atoms with Crippen molar-refractivity contribution in [3.8, 4) is 0 Å². The zero-order valence-corrected chi connectivity index (χ0v) is 19.2. The number of aromatic nitrogens is 5. The van der Waals surface area contributed by atoms with Crippen molar-refractivity contribution in [2.24, 2.45) is 0 Å². The molecule has 1 amide bonds. The van der Waals surface area contributed by atoms with Crippen LogP contribution in [0.5, 0.6) is 0 Å². The largest absolute Gasteiger partial charge is 0.465 e. The van der Waals surface area contributed by atoms with Crippen LogP contribution < -0.4 is 0 Å². The summed E-state index contributed by atoms with van der Waals surface area (Å²) in [6.45, 7) is 4.81. The van der Waals surface area contributed by atoms with E-state index in [0.717, 1.165) is 15.5 Å². The molecule has 0 aliphatic carbocycles. The van der Waals surface area contributed by atoms with Crippen LogP contribution in [0.25, 0.3) is 11.2 Å². The number of rotatable bonds is 5. The van der Waals surface area contributed by atoms with Crippen molar-refractivity contribution in [3.63, 3.8) is 0 Å². The van der Waals surface area contributed by atoms with Gasteiger partial charge in [0.05, 0.1) is 0 Å². The lowest BCUT2D eigenvalue weighted by Crippen LogP contribution is -2.53. The molecule has 0 spiro atoms. The maximum absolute atomic E-state index is 14.4. The number of alkyl halides is 3. The number of amides is 1. The van der Waals surface area contributed by atoms with Gasteiger partial charge in [0, 0.05) is 42.5 Å². The number of carbonyl (C=O) groups is 1. The third-order valence-corrected chi connectivity index (χ3v) is 5.64. The van der Waals surface area contributed by atoms with E-state index in [9.17, 15) is 36.2 Å². The summed E-state index contributed by atoms with van der Waals surface area (Å²) in [5, 5.41) is 21.4. The van der Waals surface area contributed by atoms with Crippen LogP contribution in [-0.4, -0.2) is 51.9 Å². The summed E-state index contributed by atoms with van der Waals surface area (Å²) in [5.41, 5.74) is -2.33. The number of hydrogen-bond acceptors (Lipinski definition) is 4. The third-order valence-electron chi connectivity index (χ3n) is 5.64. The first-order chi connectivity index (χ1) is 16.7. The van der Waals surface area contributed by atoms with Gasteiger partial charge in [0.25, 0.3) is 0 Å². The molecule has 8 nitrogen and oxygen atoms in total. The Morgan fingerprint density at radius 2 is 1.67 bits per heavy atom. The van der Waals surface area contributed by atoms with Crippen molar-refractivity contribution in [3.05, 3.63) is 65.1 Å². The van der Waals surface area contributed by atoms with E-state index in [2.05, 4.69) is 15.3 Å². The fraction of sp³-hybridized carbons (Fsp3) is 0.364. The van der Waals surface area contributed by atoms with E-state index >= 15 is 0 Å². The first-order valence-corrected chi connectivity index (χ1v) is 10.6. The lowest BCUT2D eigenvalue weighted by atomic mass is 9.95. The predicted molar refractivity (Wildman–Crippen MR) is 114 cm³/mol. The Morgan fingerprint density at radius 3 is 2.28 bits per heavy atom. The Morgan fingerprint density at radius 1 is 1.00 bits per heavy atom. The smallest absolute Gasteiger partial charge is 0.435 e. The van der Waals surface area contributed by atoms with Gasteiger partial charge < -0.3 is 5.11 Å². The minimum atomic E-state index is -4.68. The molecule has 0 aliphatic rings. The molecule has 1 N–H and O–H groups in total. The second kappa shape index (κ2) is 8.68. The van der Waals surface area contributed by atoms with Gasteiger partial charge in [-0.1, -0.05) is 0 Å². The minimum Gasteiger partial charge on any atom is -0.465 e. The molecule has 1 atom stereocenters. The predicted octanol–water partition coefficient (Wildman–Crippen LogP) is 4.75. The van der Waals surface area contributed by atoms with Gasteiger partial charge in [0.1, 0.15) is 17.2 Å². The molecule has 0 bridgehead atoms. The van der Waals surface area contributed by atoms with Crippen LogP contribution in [0.4, 0.5) is 31.1 Å². The lowest BCUT2D eigenvalue weighted by Gasteiger charge is -2.39. The van der Waals surface area contributed by atoms with Crippen LogP contribution in [0, 0.1) is 17.5 Å². The number of carboxylic acid groups (broad SMARTS) is 1. The number of halogens is 6. The average molecular weight is 514 g/mol. The topological polar surface area (TPSA) is 88.0 Å². The molecular formula is C22H20F6N6O2. The van der Waals surface area contributed by atoms with Crippen LogP contribution in [0.2, 0.25) is 0 Å². The number of fused-ring (bicyclic) bond motifs is 3. The van der Waals surface area contributed by atoms with Crippen molar-refractivity contribution in [2.75, 3.05) is 0 Å². The molecule has 1 aromatic carbocycles. The molecule has 0 saturated carbocycles. The molecule has 4 aromatic rings. The Kier molecular flexibility index (Phi) is 6.09. The van der Waals surface area contributed by atoms with Crippen molar-refractivity contribution < 1.29 is 36.2 Å². The van der Waals surface area contributed by atoms with Crippen LogP contribution >= 0.6 is 0 Å². The summed E-state index contributed by atoms with van der Waals surface area (Å²) in [6.07, 6.45) is -3.92. The lowest BCUT2D eigenvalue weighted by molar-refractivity contribution is -0.141. The Labute approximate surface area is 199 Å². The highest BCUT2D eigenvalue weighted by Crippen LogP contribution is 2.30. The molecular weight excluding hydrogens is 494 g/mol. The summed E-state index contributed by atoms with van der Waals surface area (Å²) in [5.74, 6) is -3.57. The highest BCUT2D eigenvalue weighted by atomic mass is 19.4. The van der Waals surface area contributed by atoms with Crippen molar-refractivity contribution in [2.45, 2.75) is 51.4 Å². The van der Waals surface area contributed by atoms with Crippen molar-refractivity contribution >= 4 is 17.3 Å². The van der Waals surface area contributed by atoms with E-state index in [4.69, 9.17) is 0 Å². The van der Waals surface area contributed by atoms with Crippen molar-refractivity contribution in [1.29, 1.82) is 0 Å². The van der Waals surface area contributed by atoms with E-state index in [1.54, 1.807) is 20.8 Å². The third kappa shape index (κ3) is 4.66. The molecule has 0 radical (unpaired) electrons. The first kappa shape index (κ1) is 25.3. The van der Waals surface area contributed by atoms with Gasteiger partial charge in [0.2, 0.25) is 0 Å². The summed E-state index contributed by atoms with van der Waals surface area (Å²) < 4.78 is 83.4. The van der Waals surface area contributed by atoms with E-state index < -0.39 is 47.0 Å². The number of hydrogen-bond donors (Lipinski definition) is 1. The monoisotopic (exact) mass is 514 g/mol. The fourth-order valence-corrected chi connectivity index (χ4v) is 4.17. The zero-order valence-electron chi connectivity index (χ0n) is 19.2. The summed E-state index contributed by atoms with van der Waals surface area (Å²) >= 11 is 0. The summed E-state index contributed by atoms with van der Waals surface area (Å²) in [4.78, 5) is 13.2. The van der Waals surface area contributed by atoms with E-state index in [1.807, 2.05) is 0 Å². The van der Waals surface area contributed by atoms with Crippen LogP contribution in [0.3, 0.4) is 0 Å². The SMILES string of the molecule is CC(C)(C)N(C(=O)O)[C@H](Cc1cc(F)c(F)cc1F)Cc1nnc2c3cc(C(F)(F)F)nn3ccn12. The van der Waals surface area contributed by atoms with E-state index in [1.165, 1.54) is 16.8 Å². The van der Waals surface area contributed by atoms with Gasteiger partial charge in [-0.2, -0.15) is 18.3 Å². The van der Waals surface area contributed by atoms with Gasteiger partial charge in [0.15, 0.2) is 23.0 Å². The normalized spacial score (nSPS) is 13.5. The molecule has 0 fully saturated rings. The molecule has 0 unspecified atom stereocenters. The van der Waals surface area contributed by atoms with Gasteiger partial charge in [-0.15, -0.1) is 10.2 Å². The van der Waals surface area contributed by atoms with Crippen molar-refractivity contribution in [1.82, 2.24) is 29.1 Å². The quantitative estimate of drug-likeness (QED) is 0.307. The Hall–Kier alpha value is -3.84. The second-order valence-corrected chi connectivity index (χ2v) is 9.21. The molecule has 14 heteroatoms. The van der Waals surface area contributed by atoms with Gasteiger partial charge in [-0.25, -0.2) is 22.5 Å². The van der Waals surface area contributed by atoms with E-state index in [0.29, 0.717) is 12.1 Å². The second-order valence-electron chi connectivity index (χ2n) is 9.21. The maximum Gasteiger partial charge on any atom is 0.435 e. The highest BCUT2D eigenvalue weighted by molar-refractivity contribution is 5.71. The molecule has 36 heavy (non-hydrogen) atoms. The van der Waals surface area contributed by atoms with Crippen LogP contribution in [0.15, 0.2) is 30.6 Å². The first-order valence-electron chi connectivity index (χ1n) is 10.6. The molecule has 0 aliphatic heterocycles. The van der Waals surface area contributed by atoms with Crippen LogP contribution in [-0.2, 0) is 19.0 Å². The fourth-order valence-electron chi connectivity index (χ4n) is 4.17. The van der Waals surface area contributed by atoms with Crippen LogP contribution in [0.1, 0.15) is 37.9 Å². The Balaban J connectivity index is 1.79. The Bertz CT molecular complexity index is 1460. The molecule has 4 rings (SSSR count). The number of nitrogens with zero attached hydrogens (tertiary/aromatic N) is 6. The molecule has 192 valence electrons. The zero-order chi connectivity index (χ0) is 26.6. The van der Waals surface area contributed by atoms with E-state index in [-0.39, 0.29) is 35.4 Å². The maximum atomic E-state index is 14.4. The molecule has 3 heterocycles. The van der Waals surface area contributed by atoms with Gasteiger partial charge in [-0.05, 0) is 38.8 Å². The molecule has 3 aromatic heterocycles. The molecule has 0 saturated heterocycles. The summed E-state index contributed by atoms with van der Waals surface area (Å²) in [6, 6.07) is 0.823. The number of benzene rings is 1. The highest BCUT2D eigenvalue weighted by Gasteiger charge is 2.36. The standard InChI is InChI=1S/C22H20F6N6O2/c1-21(2,3)34(20(35)36)12(6-11-7-14(24)15(25)9-13(11)23)8-18-29-30-19-16-10-17(22(26,27)28)31-33(16)5-4-32(18)19/h4-5,7,9-10,12H,6,8H2,1-3H3,(H,35,36)/t12-/m1/s1. The average Bonchev–Trinajstić information content (AvgIpc) is 3.34. The summed E-state index contributed by atoms with van der Waals surface area (Å²) in [7, 11) is 0. The van der Waals surface area contributed by atoms with Gasteiger partial charge >= 0.3 is 12.3 Å². The minimum absolute atomic E-state index is 0.0117. The van der Waals surface area contributed by atoms with Gasteiger partial charge in [-0.3, -0.25) is 9.30 Å².